The van der Waals surface area contributed by atoms with Gasteiger partial charge < -0.3 is 5.32 Å². The molecule has 0 aliphatic heterocycles. The summed E-state index contributed by atoms with van der Waals surface area (Å²) in [6.07, 6.45) is 3.44. The minimum atomic E-state index is -0.461. The van der Waals surface area contributed by atoms with E-state index in [2.05, 4.69) is 17.2 Å². The van der Waals surface area contributed by atoms with E-state index in [1.165, 1.54) is 25.0 Å². The Morgan fingerprint density at radius 2 is 2.29 bits per heavy atom. The second kappa shape index (κ2) is 4.87. The van der Waals surface area contributed by atoms with Crippen molar-refractivity contribution in [2.45, 2.75) is 32.2 Å². The first-order valence-corrected chi connectivity index (χ1v) is 6.02. The first-order valence-electron chi connectivity index (χ1n) is 5.65. The highest BCUT2D eigenvalue weighted by atomic mass is 35.5. The molecule has 17 heavy (non-hydrogen) atoms. The largest absolute Gasteiger partial charge is 0.367 e. The van der Waals surface area contributed by atoms with Crippen molar-refractivity contribution in [2.75, 3.05) is 5.32 Å². The van der Waals surface area contributed by atoms with E-state index >= 15 is 0 Å². The highest BCUT2D eigenvalue weighted by Crippen LogP contribution is 2.29. The van der Waals surface area contributed by atoms with Crippen LogP contribution in [0.3, 0.4) is 0 Å². The number of halogens is 1. The molecule has 6 heteroatoms. The molecule has 92 valence electrons. The summed E-state index contributed by atoms with van der Waals surface area (Å²) in [4.78, 5) is 14.3. The van der Waals surface area contributed by atoms with Crippen LogP contribution in [0.25, 0.3) is 0 Å². The monoisotopic (exact) mass is 255 g/mol. The Labute approximate surface area is 104 Å². The Balaban J connectivity index is 2.17. The van der Waals surface area contributed by atoms with Crippen LogP contribution in [0, 0.1) is 16.0 Å². The zero-order valence-electron chi connectivity index (χ0n) is 9.52. The highest BCUT2D eigenvalue weighted by molar-refractivity contribution is 6.29. The van der Waals surface area contributed by atoms with Gasteiger partial charge >= 0.3 is 0 Å². The SMILES string of the molecule is CC1CCCC1Nc1cc([N+](=O)[O-])cc(Cl)n1. The number of nitrogens with one attached hydrogen (secondary N) is 1. The van der Waals surface area contributed by atoms with Crippen LogP contribution in [0.1, 0.15) is 26.2 Å². The van der Waals surface area contributed by atoms with Crippen LogP contribution >= 0.6 is 11.6 Å². The van der Waals surface area contributed by atoms with Crippen molar-refractivity contribution in [2.24, 2.45) is 5.92 Å². The second-order valence-corrected chi connectivity index (χ2v) is 4.84. The van der Waals surface area contributed by atoms with E-state index in [1.807, 2.05) is 0 Å². The first kappa shape index (κ1) is 12.1. The average molecular weight is 256 g/mol. The van der Waals surface area contributed by atoms with Gasteiger partial charge in [0, 0.05) is 6.04 Å². The number of hydrogen-bond donors (Lipinski definition) is 1. The summed E-state index contributed by atoms with van der Waals surface area (Å²) in [6, 6.07) is 3.02. The minimum Gasteiger partial charge on any atom is -0.367 e. The quantitative estimate of drug-likeness (QED) is 0.511. The van der Waals surface area contributed by atoms with E-state index < -0.39 is 4.92 Å². The number of anilines is 1. The fourth-order valence-electron chi connectivity index (χ4n) is 2.21. The van der Waals surface area contributed by atoms with Gasteiger partial charge in [0.2, 0.25) is 0 Å². The lowest BCUT2D eigenvalue weighted by atomic mass is 10.1. The fourth-order valence-corrected chi connectivity index (χ4v) is 2.42. The zero-order valence-corrected chi connectivity index (χ0v) is 10.3. The highest BCUT2D eigenvalue weighted by Gasteiger charge is 2.24. The number of aromatic nitrogens is 1. The van der Waals surface area contributed by atoms with Crippen molar-refractivity contribution in [3.05, 3.63) is 27.4 Å². The van der Waals surface area contributed by atoms with Crippen LogP contribution in [-0.2, 0) is 0 Å². The Hall–Kier alpha value is -1.36. The third-order valence-corrected chi connectivity index (χ3v) is 3.38. The van der Waals surface area contributed by atoms with Crippen molar-refractivity contribution in [1.82, 2.24) is 4.98 Å². The molecule has 2 atom stereocenters. The van der Waals surface area contributed by atoms with Crippen molar-refractivity contribution >= 4 is 23.1 Å². The normalized spacial score (nSPS) is 23.6. The summed E-state index contributed by atoms with van der Waals surface area (Å²) < 4.78 is 0. The Kier molecular flexibility index (Phi) is 3.47. The predicted octanol–water partition coefficient (Wildman–Crippen LogP) is 3.24. The third kappa shape index (κ3) is 2.85. The summed E-state index contributed by atoms with van der Waals surface area (Å²) in [5, 5.41) is 14.1. The molecule has 0 bridgehead atoms. The number of pyridine rings is 1. The lowest BCUT2D eigenvalue weighted by molar-refractivity contribution is -0.384. The summed E-state index contributed by atoms with van der Waals surface area (Å²) in [6.45, 7) is 2.17. The molecule has 1 aliphatic carbocycles. The Morgan fingerprint density at radius 1 is 1.53 bits per heavy atom. The first-order chi connectivity index (χ1) is 8.06. The van der Waals surface area contributed by atoms with Crippen LogP contribution < -0.4 is 5.32 Å². The molecule has 2 rings (SSSR count). The van der Waals surface area contributed by atoms with E-state index in [0.717, 1.165) is 6.42 Å². The van der Waals surface area contributed by atoms with Gasteiger partial charge in [0.05, 0.1) is 17.1 Å². The van der Waals surface area contributed by atoms with Gasteiger partial charge in [-0.25, -0.2) is 4.98 Å². The van der Waals surface area contributed by atoms with Crippen LogP contribution in [0.5, 0.6) is 0 Å². The predicted molar refractivity (Wildman–Crippen MR) is 66.3 cm³/mol. The minimum absolute atomic E-state index is 0.0295. The molecule has 0 radical (unpaired) electrons. The van der Waals surface area contributed by atoms with Crippen molar-refractivity contribution < 1.29 is 4.92 Å². The standard InChI is InChI=1S/C11H14ClN3O2/c1-7-3-2-4-9(7)13-11-6-8(15(16)17)5-10(12)14-11/h5-7,9H,2-4H2,1H3,(H,13,14). The number of nitrogens with zero attached hydrogens (tertiary/aromatic N) is 2. The average Bonchev–Trinajstić information content (AvgIpc) is 2.63. The zero-order chi connectivity index (χ0) is 12.4. The van der Waals surface area contributed by atoms with E-state index in [4.69, 9.17) is 11.6 Å². The number of hydrogen-bond acceptors (Lipinski definition) is 4. The third-order valence-electron chi connectivity index (χ3n) is 3.18. The second-order valence-electron chi connectivity index (χ2n) is 4.45. The van der Waals surface area contributed by atoms with Gasteiger partial charge in [-0.05, 0) is 18.8 Å². The van der Waals surface area contributed by atoms with Crippen LogP contribution in [0.2, 0.25) is 5.15 Å². The maximum absolute atomic E-state index is 10.7. The Morgan fingerprint density at radius 3 is 2.88 bits per heavy atom. The maximum Gasteiger partial charge on any atom is 0.276 e. The Bertz CT molecular complexity index is 439. The number of nitro groups is 1. The van der Waals surface area contributed by atoms with Crippen LogP contribution in [-0.4, -0.2) is 15.9 Å². The molecule has 0 aromatic carbocycles. The lowest BCUT2D eigenvalue weighted by Gasteiger charge is -2.17. The summed E-state index contributed by atoms with van der Waals surface area (Å²) in [5.74, 6) is 1.05. The van der Waals surface area contributed by atoms with E-state index in [0.29, 0.717) is 17.8 Å². The molecule has 5 nitrogen and oxygen atoms in total. The molecule has 0 saturated heterocycles. The van der Waals surface area contributed by atoms with Gasteiger partial charge in [-0.1, -0.05) is 24.9 Å². The molecule has 1 aromatic heterocycles. The maximum atomic E-state index is 10.7. The van der Waals surface area contributed by atoms with Gasteiger partial charge in [-0.15, -0.1) is 0 Å². The summed E-state index contributed by atoms with van der Waals surface area (Å²) in [5.41, 5.74) is -0.0295. The molecule has 1 saturated carbocycles. The molecule has 0 spiro atoms. The molecule has 1 fully saturated rings. The van der Waals surface area contributed by atoms with Crippen LogP contribution in [0.4, 0.5) is 11.5 Å². The molecular weight excluding hydrogens is 242 g/mol. The molecule has 1 heterocycles. The molecule has 1 aliphatic rings. The topological polar surface area (TPSA) is 68.1 Å². The molecule has 2 unspecified atom stereocenters. The molecule has 0 amide bonds. The van der Waals surface area contributed by atoms with Gasteiger partial charge in [0.15, 0.2) is 0 Å². The molecule has 1 N–H and O–H groups in total. The smallest absolute Gasteiger partial charge is 0.276 e. The van der Waals surface area contributed by atoms with E-state index in [-0.39, 0.29) is 10.8 Å². The summed E-state index contributed by atoms with van der Waals surface area (Å²) in [7, 11) is 0. The summed E-state index contributed by atoms with van der Waals surface area (Å²) >= 11 is 5.76. The van der Waals surface area contributed by atoms with Crippen molar-refractivity contribution in [3.8, 4) is 0 Å². The van der Waals surface area contributed by atoms with E-state index in [1.54, 1.807) is 0 Å². The van der Waals surface area contributed by atoms with Gasteiger partial charge in [-0.2, -0.15) is 0 Å². The van der Waals surface area contributed by atoms with E-state index in [9.17, 15) is 10.1 Å². The van der Waals surface area contributed by atoms with Crippen molar-refractivity contribution in [1.29, 1.82) is 0 Å². The molecule has 1 aromatic rings. The fraction of sp³-hybridized carbons (Fsp3) is 0.545. The lowest BCUT2D eigenvalue weighted by Crippen LogP contribution is -2.22. The molecular formula is C11H14ClN3O2. The van der Waals surface area contributed by atoms with Gasteiger partial charge in [-0.3, -0.25) is 10.1 Å². The van der Waals surface area contributed by atoms with Crippen molar-refractivity contribution in [3.63, 3.8) is 0 Å². The van der Waals surface area contributed by atoms with Gasteiger partial charge in [0.25, 0.3) is 5.69 Å². The number of rotatable bonds is 3. The van der Waals surface area contributed by atoms with Gasteiger partial charge in [0.1, 0.15) is 11.0 Å². The van der Waals surface area contributed by atoms with Crippen LogP contribution in [0.15, 0.2) is 12.1 Å².